The molecule has 0 aromatic carbocycles. The molecule has 5 heteroatoms. The summed E-state index contributed by atoms with van der Waals surface area (Å²) in [6.45, 7) is 0.539. The zero-order valence-corrected chi connectivity index (χ0v) is 12.5. The molecule has 0 saturated heterocycles. The van der Waals surface area contributed by atoms with Crippen molar-refractivity contribution in [1.82, 2.24) is 5.32 Å². The Kier molecular flexibility index (Phi) is 6.72. The molecule has 3 nitrogen and oxygen atoms in total. The zero-order valence-electron chi connectivity index (χ0n) is 9.54. The molecule has 0 spiro atoms. The lowest BCUT2D eigenvalue weighted by molar-refractivity contribution is 0.607. The molecule has 0 aliphatic heterocycles. The summed E-state index contributed by atoms with van der Waals surface area (Å²) in [5, 5.41) is 3.25. The molecule has 0 aromatic heterocycles. The van der Waals surface area contributed by atoms with E-state index in [9.17, 15) is 8.42 Å². The molecule has 0 amide bonds. The average Bonchev–Trinajstić information content (AvgIpc) is 2.29. The Labute approximate surface area is 111 Å². The molecule has 0 atom stereocenters. The second kappa shape index (κ2) is 7.53. The molecule has 0 saturated carbocycles. The number of rotatable bonds is 4. The first-order valence-corrected chi connectivity index (χ1v) is 10.1. The Morgan fingerprint density at radius 1 is 1.19 bits per heavy atom. The van der Waals surface area contributed by atoms with E-state index in [0.29, 0.717) is 6.54 Å². The largest absolute Gasteiger partial charge is 0.388 e. The lowest BCUT2D eigenvalue weighted by atomic mass is 10.1. The molecule has 0 heterocycles. The van der Waals surface area contributed by atoms with Crippen LogP contribution in [-0.4, -0.2) is 20.7 Å². The van der Waals surface area contributed by atoms with Crippen LogP contribution >= 0.6 is 21.2 Å². The van der Waals surface area contributed by atoms with Gasteiger partial charge in [-0.15, -0.1) is 0 Å². The quantitative estimate of drug-likeness (QED) is 0.622. The van der Waals surface area contributed by atoms with Gasteiger partial charge in [-0.3, -0.25) is 0 Å². The molecule has 0 unspecified atom stereocenters. The van der Waals surface area contributed by atoms with Crippen LogP contribution in [0.15, 0.2) is 11.8 Å². The Morgan fingerprint density at radius 3 is 2.62 bits per heavy atom. The van der Waals surface area contributed by atoms with Crippen LogP contribution in [0.3, 0.4) is 0 Å². The van der Waals surface area contributed by atoms with Gasteiger partial charge in [0, 0.05) is 12.2 Å². The number of halogens is 1. The van der Waals surface area contributed by atoms with Crippen molar-refractivity contribution in [2.45, 2.75) is 44.9 Å². The predicted molar refractivity (Wildman–Crippen MR) is 76.2 cm³/mol. The standard InChI is InChI=1S/C11H20INO2S/c12-16(14,15)10-9-13-11-7-5-3-1-2-4-6-8-11/h7,13H,1-6,8-10H2/b11-7+. The van der Waals surface area contributed by atoms with Crippen LogP contribution in [0.1, 0.15) is 44.9 Å². The predicted octanol–water partition coefficient (Wildman–Crippen LogP) is 2.97. The van der Waals surface area contributed by atoms with E-state index in [-0.39, 0.29) is 5.75 Å². The minimum Gasteiger partial charge on any atom is -0.388 e. The van der Waals surface area contributed by atoms with Crippen molar-refractivity contribution in [3.05, 3.63) is 11.8 Å². The fraction of sp³-hybridized carbons (Fsp3) is 0.818. The van der Waals surface area contributed by atoms with Gasteiger partial charge >= 0.3 is 0 Å². The summed E-state index contributed by atoms with van der Waals surface area (Å²) in [5.74, 6) is 0.213. The number of allylic oxidation sites excluding steroid dienone is 2. The molecule has 16 heavy (non-hydrogen) atoms. The smallest absolute Gasteiger partial charge is 0.204 e. The lowest BCUT2D eigenvalue weighted by Gasteiger charge is -2.09. The highest BCUT2D eigenvalue weighted by Gasteiger charge is 2.05. The lowest BCUT2D eigenvalue weighted by Crippen LogP contribution is -2.20. The van der Waals surface area contributed by atoms with Crippen molar-refractivity contribution >= 4 is 28.2 Å². The van der Waals surface area contributed by atoms with Gasteiger partial charge in [-0.05, 0) is 25.7 Å². The summed E-state index contributed by atoms with van der Waals surface area (Å²) >= 11 is 1.50. The van der Waals surface area contributed by atoms with Crippen molar-refractivity contribution in [3.63, 3.8) is 0 Å². The van der Waals surface area contributed by atoms with Gasteiger partial charge in [0.1, 0.15) is 0 Å². The van der Waals surface area contributed by atoms with Crippen LogP contribution in [-0.2, 0) is 7.01 Å². The van der Waals surface area contributed by atoms with Gasteiger partial charge in [0.2, 0.25) is 7.01 Å². The van der Waals surface area contributed by atoms with E-state index in [0.717, 1.165) is 12.8 Å². The third-order valence-electron chi connectivity index (χ3n) is 2.74. The summed E-state index contributed by atoms with van der Waals surface area (Å²) in [6, 6.07) is 0. The summed E-state index contributed by atoms with van der Waals surface area (Å²) in [4.78, 5) is 0. The molecule has 0 aromatic rings. The topological polar surface area (TPSA) is 46.2 Å². The summed E-state index contributed by atoms with van der Waals surface area (Å²) in [5.41, 5.74) is 1.24. The molecule has 0 bridgehead atoms. The van der Waals surface area contributed by atoms with Gasteiger partial charge in [-0.2, -0.15) is 0 Å². The number of nitrogens with one attached hydrogen (secondary N) is 1. The van der Waals surface area contributed by atoms with Gasteiger partial charge in [0.15, 0.2) is 0 Å². The third kappa shape index (κ3) is 7.49. The van der Waals surface area contributed by atoms with E-state index in [2.05, 4.69) is 11.4 Å². The fourth-order valence-corrected chi connectivity index (χ4v) is 2.87. The van der Waals surface area contributed by atoms with Crippen LogP contribution < -0.4 is 5.32 Å². The molecular formula is C11H20INO2S. The minimum atomic E-state index is -2.87. The molecule has 1 rings (SSSR count). The normalized spacial score (nSPS) is 22.4. The molecule has 1 aliphatic carbocycles. The third-order valence-corrected chi connectivity index (χ3v) is 4.75. The van der Waals surface area contributed by atoms with Crippen LogP contribution in [0.25, 0.3) is 0 Å². The highest BCUT2D eigenvalue weighted by atomic mass is 127. The Bertz CT molecular complexity index is 325. The maximum atomic E-state index is 11.0. The maximum absolute atomic E-state index is 11.0. The number of hydrogen-bond donors (Lipinski definition) is 1. The summed E-state index contributed by atoms with van der Waals surface area (Å²) < 4.78 is 22.0. The average molecular weight is 357 g/mol. The highest BCUT2D eigenvalue weighted by Crippen LogP contribution is 2.15. The molecular weight excluding hydrogens is 337 g/mol. The second-order valence-electron chi connectivity index (χ2n) is 4.21. The fourth-order valence-electron chi connectivity index (χ4n) is 1.86. The summed E-state index contributed by atoms with van der Waals surface area (Å²) in [7, 11) is -2.87. The van der Waals surface area contributed by atoms with Crippen molar-refractivity contribution in [3.8, 4) is 0 Å². The molecule has 1 aliphatic rings. The van der Waals surface area contributed by atoms with Crippen molar-refractivity contribution in [2.75, 3.05) is 12.3 Å². The van der Waals surface area contributed by atoms with Crippen LogP contribution in [0.2, 0.25) is 0 Å². The summed E-state index contributed by atoms with van der Waals surface area (Å²) in [6.07, 6.45) is 10.9. The SMILES string of the molecule is O=S(=O)(I)CCN/C1=C/CCCCCCC1. The molecule has 1 N–H and O–H groups in total. The zero-order chi connectivity index (χ0) is 11.9. The van der Waals surface area contributed by atoms with Gasteiger partial charge in [-0.25, -0.2) is 8.42 Å². The van der Waals surface area contributed by atoms with Gasteiger partial charge < -0.3 is 5.32 Å². The van der Waals surface area contributed by atoms with Crippen LogP contribution in [0, 0.1) is 0 Å². The van der Waals surface area contributed by atoms with Crippen molar-refractivity contribution < 1.29 is 8.42 Å². The maximum Gasteiger partial charge on any atom is 0.204 e. The van der Waals surface area contributed by atoms with E-state index in [1.165, 1.54) is 59.0 Å². The van der Waals surface area contributed by atoms with Gasteiger partial charge in [-0.1, -0.05) is 25.3 Å². The monoisotopic (exact) mass is 357 g/mol. The molecule has 0 radical (unpaired) electrons. The van der Waals surface area contributed by atoms with E-state index < -0.39 is 7.01 Å². The van der Waals surface area contributed by atoms with E-state index in [1.54, 1.807) is 0 Å². The number of hydrogen-bond acceptors (Lipinski definition) is 3. The minimum absolute atomic E-state index is 0.213. The molecule has 0 fully saturated rings. The Morgan fingerprint density at radius 2 is 1.88 bits per heavy atom. The first kappa shape index (κ1) is 14.3. The Balaban J connectivity index is 2.32. The second-order valence-corrected chi connectivity index (χ2v) is 9.72. The van der Waals surface area contributed by atoms with Crippen LogP contribution in [0.4, 0.5) is 0 Å². The van der Waals surface area contributed by atoms with E-state index >= 15 is 0 Å². The highest BCUT2D eigenvalue weighted by molar-refractivity contribution is 14.2. The molecule has 94 valence electrons. The Hall–Kier alpha value is 0.220. The van der Waals surface area contributed by atoms with Crippen LogP contribution in [0.5, 0.6) is 0 Å². The van der Waals surface area contributed by atoms with Crippen molar-refractivity contribution in [1.29, 1.82) is 0 Å². The first-order chi connectivity index (χ1) is 7.58. The van der Waals surface area contributed by atoms with Gasteiger partial charge in [0.05, 0.1) is 27.0 Å². The first-order valence-electron chi connectivity index (χ1n) is 5.93. The van der Waals surface area contributed by atoms with E-state index in [1.807, 2.05) is 0 Å². The van der Waals surface area contributed by atoms with Crippen molar-refractivity contribution in [2.24, 2.45) is 0 Å². The van der Waals surface area contributed by atoms with E-state index in [4.69, 9.17) is 0 Å². The van der Waals surface area contributed by atoms with Gasteiger partial charge in [0.25, 0.3) is 0 Å².